The van der Waals surface area contributed by atoms with Crippen LogP contribution in [0.2, 0.25) is 0 Å². The van der Waals surface area contributed by atoms with Crippen LogP contribution >= 0.6 is 0 Å². The van der Waals surface area contributed by atoms with E-state index in [1.165, 1.54) is 0 Å². The number of nitrogens with zero attached hydrogens (tertiary/aromatic N) is 3. The molecule has 0 aromatic carbocycles. The van der Waals surface area contributed by atoms with Gasteiger partial charge in [0.25, 0.3) is 0 Å². The van der Waals surface area contributed by atoms with Crippen LogP contribution in [-0.4, -0.2) is 27.1 Å². The fraction of sp³-hybridized carbons (Fsp3) is 0.438. The minimum Gasteiger partial charge on any atom is -0.460 e. The molecule has 2 aromatic rings. The molecule has 1 aliphatic carbocycles. The van der Waals surface area contributed by atoms with Gasteiger partial charge in [0.2, 0.25) is 0 Å². The van der Waals surface area contributed by atoms with E-state index in [0.29, 0.717) is 12.1 Å². The molecule has 0 aliphatic heterocycles. The second-order valence-corrected chi connectivity index (χ2v) is 5.12. The Morgan fingerprint density at radius 3 is 2.62 bits per heavy atom. The Hall–Kier alpha value is -2.01. The van der Waals surface area contributed by atoms with Gasteiger partial charge in [-0.2, -0.15) is 4.98 Å². The minimum absolute atomic E-state index is 0. The van der Waals surface area contributed by atoms with E-state index in [0.717, 1.165) is 36.9 Å². The first-order valence-corrected chi connectivity index (χ1v) is 6.97. The van der Waals surface area contributed by atoms with E-state index >= 15 is 0 Å². The van der Waals surface area contributed by atoms with Crippen molar-refractivity contribution < 1.29 is 4.74 Å². The van der Waals surface area contributed by atoms with Gasteiger partial charge in [-0.1, -0.05) is 7.43 Å². The summed E-state index contributed by atoms with van der Waals surface area (Å²) in [5, 5.41) is 0. The zero-order chi connectivity index (χ0) is 13.8. The van der Waals surface area contributed by atoms with Crippen LogP contribution in [0.4, 0.5) is 0 Å². The van der Waals surface area contributed by atoms with E-state index in [1.54, 1.807) is 18.6 Å². The third-order valence-corrected chi connectivity index (χ3v) is 3.58. The van der Waals surface area contributed by atoms with Crippen LogP contribution in [0, 0.1) is 0 Å². The lowest BCUT2D eigenvalue weighted by Crippen LogP contribution is -2.32. The highest BCUT2D eigenvalue weighted by molar-refractivity contribution is 5.57. The second-order valence-electron chi connectivity index (χ2n) is 5.12. The first-order chi connectivity index (χ1) is 9.81. The molecule has 0 saturated heterocycles. The third kappa shape index (κ3) is 3.98. The maximum atomic E-state index is 5.90. The van der Waals surface area contributed by atoms with Gasteiger partial charge in [-0.3, -0.25) is 4.98 Å². The number of nitrogens with two attached hydrogens (primary N) is 1. The van der Waals surface area contributed by atoms with Crippen molar-refractivity contribution in [3.05, 3.63) is 36.8 Å². The number of hydrogen-bond acceptors (Lipinski definition) is 5. The molecular formula is C16H22N4O. The quantitative estimate of drug-likeness (QED) is 0.939. The van der Waals surface area contributed by atoms with Crippen LogP contribution in [0.5, 0.6) is 6.01 Å². The molecule has 0 spiro atoms. The summed E-state index contributed by atoms with van der Waals surface area (Å²) in [5.41, 5.74) is 7.69. The first-order valence-electron chi connectivity index (χ1n) is 6.97. The van der Waals surface area contributed by atoms with Gasteiger partial charge in [-0.15, -0.1) is 0 Å². The van der Waals surface area contributed by atoms with Crippen molar-refractivity contribution >= 4 is 0 Å². The molecule has 1 fully saturated rings. The summed E-state index contributed by atoms with van der Waals surface area (Å²) in [6, 6.07) is 6.48. The van der Waals surface area contributed by atoms with E-state index in [1.807, 2.05) is 18.2 Å². The molecule has 0 amide bonds. The average Bonchev–Trinajstić information content (AvgIpc) is 2.51. The number of ether oxygens (including phenoxy) is 1. The topological polar surface area (TPSA) is 73.9 Å². The summed E-state index contributed by atoms with van der Waals surface area (Å²) < 4.78 is 5.87. The minimum atomic E-state index is 0. The van der Waals surface area contributed by atoms with E-state index in [4.69, 9.17) is 10.5 Å². The zero-order valence-electron chi connectivity index (χ0n) is 11.3. The van der Waals surface area contributed by atoms with Crippen LogP contribution in [0.1, 0.15) is 33.1 Å². The van der Waals surface area contributed by atoms with Gasteiger partial charge in [-0.25, -0.2) is 4.98 Å². The third-order valence-electron chi connectivity index (χ3n) is 3.58. The Labute approximate surface area is 125 Å². The van der Waals surface area contributed by atoms with Crippen molar-refractivity contribution in [2.24, 2.45) is 5.73 Å². The number of hydrogen-bond donors (Lipinski definition) is 1. The summed E-state index contributed by atoms with van der Waals surface area (Å²) in [5.74, 6) is 0. The van der Waals surface area contributed by atoms with Crippen molar-refractivity contribution in [3.63, 3.8) is 0 Å². The molecule has 5 nitrogen and oxygen atoms in total. The van der Waals surface area contributed by atoms with Gasteiger partial charge in [0.1, 0.15) is 6.10 Å². The van der Waals surface area contributed by atoms with Crippen LogP contribution in [-0.2, 0) is 0 Å². The van der Waals surface area contributed by atoms with Gasteiger partial charge in [0.05, 0.1) is 5.69 Å². The lowest BCUT2D eigenvalue weighted by molar-refractivity contribution is 0.135. The van der Waals surface area contributed by atoms with Crippen LogP contribution in [0.25, 0.3) is 11.3 Å². The number of rotatable bonds is 3. The lowest BCUT2D eigenvalue weighted by atomic mass is 9.94. The van der Waals surface area contributed by atoms with Gasteiger partial charge in [0, 0.05) is 30.2 Å². The molecule has 5 heteroatoms. The van der Waals surface area contributed by atoms with Crippen molar-refractivity contribution in [2.75, 3.05) is 0 Å². The Balaban J connectivity index is 0.00000161. The highest BCUT2D eigenvalue weighted by atomic mass is 16.5. The molecular weight excluding hydrogens is 264 g/mol. The molecule has 2 aromatic heterocycles. The summed E-state index contributed by atoms with van der Waals surface area (Å²) in [6.07, 6.45) is 9.39. The van der Waals surface area contributed by atoms with Crippen molar-refractivity contribution in [2.45, 2.75) is 45.3 Å². The smallest absolute Gasteiger partial charge is 0.317 e. The Kier molecular flexibility index (Phi) is 5.22. The lowest BCUT2D eigenvalue weighted by Gasteiger charge is -2.25. The average molecular weight is 286 g/mol. The fourth-order valence-corrected chi connectivity index (χ4v) is 2.43. The van der Waals surface area contributed by atoms with Gasteiger partial charge < -0.3 is 10.5 Å². The van der Waals surface area contributed by atoms with Crippen LogP contribution in [0.3, 0.4) is 0 Å². The second kappa shape index (κ2) is 7.13. The monoisotopic (exact) mass is 286 g/mol. The maximum absolute atomic E-state index is 5.90. The fourth-order valence-electron chi connectivity index (χ4n) is 2.43. The van der Waals surface area contributed by atoms with Crippen LogP contribution in [0.15, 0.2) is 36.8 Å². The van der Waals surface area contributed by atoms with Gasteiger partial charge >= 0.3 is 6.01 Å². The summed E-state index contributed by atoms with van der Waals surface area (Å²) in [6.45, 7) is 0. The SMILES string of the molecule is C.NC1CCC(Oc2nccc(-c3cccnc3)n2)CC1. The molecule has 1 aliphatic rings. The number of pyridine rings is 1. The first kappa shape index (κ1) is 15.4. The summed E-state index contributed by atoms with van der Waals surface area (Å²) in [7, 11) is 0. The zero-order valence-corrected chi connectivity index (χ0v) is 11.3. The predicted octanol–water partition coefficient (Wildman–Crippen LogP) is 2.82. The van der Waals surface area contributed by atoms with Gasteiger partial charge in [0.15, 0.2) is 0 Å². The predicted molar refractivity (Wildman–Crippen MR) is 82.9 cm³/mol. The van der Waals surface area contributed by atoms with E-state index in [9.17, 15) is 0 Å². The molecule has 21 heavy (non-hydrogen) atoms. The molecule has 0 bridgehead atoms. The maximum Gasteiger partial charge on any atom is 0.317 e. The molecule has 1 saturated carbocycles. The highest BCUT2D eigenvalue weighted by Crippen LogP contribution is 2.22. The Morgan fingerprint density at radius 1 is 1.10 bits per heavy atom. The summed E-state index contributed by atoms with van der Waals surface area (Å²) in [4.78, 5) is 12.7. The molecule has 3 rings (SSSR count). The summed E-state index contributed by atoms with van der Waals surface area (Å²) >= 11 is 0. The van der Waals surface area contributed by atoms with E-state index in [-0.39, 0.29) is 13.5 Å². The molecule has 0 unspecified atom stereocenters. The van der Waals surface area contributed by atoms with E-state index in [2.05, 4.69) is 15.0 Å². The molecule has 2 heterocycles. The normalized spacial score (nSPS) is 21.4. The number of aromatic nitrogens is 3. The Bertz CT molecular complexity index is 553. The molecule has 0 radical (unpaired) electrons. The van der Waals surface area contributed by atoms with Crippen molar-refractivity contribution in [1.29, 1.82) is 0 Å². The molecule has 112 valence electrons. The van der Waals surface area contributed by atoms with Crippen LogP contribution < -0.4 is 10.5 Å². The largest absolute Gasteiger partial charge is 0.460 e. The molecule has 0 atom stereocenters. The van der Waals surface area contributed by atoms with Crippen molar-refractivity contribution in [3.8, 4) is 17.3 Å². The molecule has 2 N–H and O–H groups in total. The Morgan fingerprint density at radius 2 is 1.90 bits per heavy atom. The van der Waals surface area contributed by atoms with Crippen molar-refractivity contribution in [1.82, 2.24) is 15.0 Å². The highest BCUT2D eigenvalue weighted by Gasteiger charge is 2.20. The van der Waals surface area contributed by atoms with Gasteiger partial charge in [-0.05, 0) is 43.9 Å². The standard InChI is InChI=1S/C15H18N4O.CH4/c16-12-3-5-13(6-4-12)20-15-18-9-7-14(19-15)11-2-1-8-17-10-11;/h1-2,7-10,12-13H,3-6,16H2;1H4. The van der Waals surface area contributed by atoms with E-state index < -0.39 is 0 Å².